The molecule has 0 saturated carbocycles. The van der Waals surface area contributed by atoms with E-state index in [1.165, 1.54) is 6.42 Å². The van der Waals surface area contributed by atoms with Gasteiger partial charge in [-0.1, -0.05) is 41.6 Å². The predicted molar refractivity (Wildman–Crippen MR) is 71.9 cm³/mol. The molecule has 0 fully saturated rings. The van der Waals surface area contributed by atoms with Crippen molar-refractivity contribution in [2.24, 2.45) is 0 Å². The van der Waals surface area contributed by atoms with E-state index >= 15 is 0 Å². The quantitative estimate of drug-likeness (QED) is 0.619. The van der Waals surface area contributed by atoms with Gasteiger partial charge in [0.1, 0.15) is 0 Å². The number of rotatable bonds is 7. The van der Waals surface area contributed by atoms with Crippen molar-refractivity contribution in [1.82, 2.24) is 20.3 Å². The normalized spacial score (nSPS) is 10.8. The number of anilines is 1. The molecule has 0 radical (unpaired) electrons. The van der Waals surface area contributed by atoms with E-state index in [1.807, 2.05) is 0 Å². The Kier molecular flexibility index (Phi) is 4.94. The van der Waals surface area contributed by atoms with Gasteiger partial charge in [0, 0.05) is 6.54 Å². The Morgan fingerprint density at radius 3 is 3.00 bits per heavy atom. The molecule has 6 nitrogen and oxygen atoms in total. The molecule has 0 amide bonds. The van der Waals surface area contributed by atoms with Crippen LogP contribution in [-0.2, 0) is 5.75 Å². The Bertz CT molecular complexity index is 484. The van der Waals surface area contributed by atoms with Crippen LogP contribution in [0.25, 0.3) is 0 Å². The summed E-state index contributed by atoms with van der Waals surface area (Å²) in [6, 6.07) is 0. The summed E-state index contributed by atoms with van der Waals surface area (Å²) < 4.78 is 5.94. The third-order valence-electron chi connectivity index (χ3n) is 2.10. The molecule has 2 aromatic rings. The van der Waals surface area contributed by atoms with Crippen LogP contribution in [0, 0.1) is 6.92 Å². The molecule has 0 bridgehead atoms. The van der Waals surface area contributed by atoms with Gasteiger partial charge in [0.25, 0.3) is 0 Å². The molecule has 2 aromatic heterocycles. The van der Waals surface area contributed by atoms with E-state index in [2.05, 4.69) is 32.6 Å². The van der Waals surface area contributed by atoms with E-state index < -0.39 is 0 Å². The standard InChI is InChI=1S/C10H15N5OS2/c1-3-4-5-11-9-13-14-10(18-9)17-6-8-12-7(2)15-16-8/h3-6H2,1-2H3,(H,11,13). The zero-order valence-corrected chi connectivity index (χ0v) is 12.0. The number of hydrogen-bond donors (Lipinski definition) is 1. The van der Waals surface area contributed by atoms with Crippen molar-refractivity contribution in [1.29, 1.82) is 0 Å². The van der Waals surface area contributed by atoms with Crippen LogP contribution in [0.4, 0.5) is 5.13 Å². The van der Waals surface area contributed by atoms with Crippen LogP contribution >= 0.6 is 23.1 Å². The van der Waals surface area contributed by atoms with Crippen molar-refractivity contribution in [3.05, 3.63) is 11.7 Å². The molecule has 2 heterocycles. The number of nitrogens with one attached hydrogen (secondary N) is 1. The molecule has 2 rings (SSSR count). The Morgan fingerprint density at radius 1 is 1.39 bits per heavy atom. The molecule has 0 aromatic carbocycles. The second-order valence-electron chi connectivity index (χ2n) is 3.68. The minimum absolute atomic E-state index is 0.619. The van der Waals surface area contributed by atoms with Crippen LogP contribution in [0.15, 0.2) is 8.86 Å². The summed E-state index contributed by atoms with van der Waals surface area (Å²) in [6.07, 6.45) is 2.31. The Labute approximate surface area is 114 Å². The van der Waals surface area contributed by atoms with Crippen molar-refractivity contribution < 1.29 is 4.52 Å². The Balaban J connectivity index is 1.79. The van der Waals surface area contributed by atoms with Gasteiger partial charge in [-0.05, 0) is 13.3 Å². The lowest BCUT2D eigenvalue weighted by molar-refractivity contribution is 0.387. The first-order chi connectivity index (χ1) is 8.78. The minimum Gasteiger partial charge on any atom is -0.360 e. The highest BCUT2D eigenvalue weighted by Crippen LogP contribution is 2.27. The number of aryl methyl sites for hydroxylation is 1. The second-order valence-corrected chi connectivity index (χ2v) is 5.88. The molecule has 0 atom stereocenters. The fourth-order valence-corrected chi connectivity index (χ4v) is 2.85. The first-order valence-electron chi connectivity index (χ1n) is 5.77. The summed E-state index contributed by atoms with van der Waals surface area (Å²) >= 11 is 3.10. The maximum absolute atomic E-state index is 5.03. The topological polar surface area (TPSA) is 76.7 Å². The van der Waals surface area contributed by atoms with Gasteiger partial charge in [-0.3, -0.25) is 0 Å². The lowest BCUT2D eigenvalue weighted by Gasteiger charge is -1.97. The van der Waals surface area contributed by atoms with Crippen LogP contribution < -0.4 is 5.32 Å². The molecule has 18 heavy (non-hydrogen) atoms. The lowest BCUT2D eigenvalue weighted by Crippen LogP contribution is -1.99. The van der Waals surface area contributed by atoms with Gasteiger partial charge < -0.3 is 9.84 Å². The summed E-state index contributed by atoms with van der Waals surface area (Å²) in [4.78, 5) is 4.14. The summed E-state index contributed by atoms with van der Waals surface area (Å²) in [5.74, 6) is 1.91. The Morgan fingerprint density at radius 2 is 2.28 bits per heavy atom. The summed E-state index contributed by atoms with van der Waals surface area (Å²) in [6.45, 7) is 4.91. The van der Waals surface area contributed by atoms with Gasteiger partial charge in [0.15, 0.2) is 10.2 Å². The van der Waals surface area contributed by atoms with Crippen LogP contribution in [0.5, 0.6) is 0 Å². The lowest BCUT2D eigenvalue weighted by atomic mass is 10.3. The first kappa shape index (κ1) is 13.3. The number of thioether (sulfide) groups is 1. The highest BCUT2D eigenvalue weighted by Gasteiger charge is 2.08. The average Bonchev–Trinajstić information content (AvgIpc) is 2.96. The minimum atomic E-state index is 0.619. The number of aromatic nitrogens is 4. The summed E-state index contributed by atoms with van der Waals surface area (Å²) in [5, 5.41) is 16.0. The van der Waals surface area contributed by atoms with Crippen molar-refractivity contribution in [3.63, 3.8) is 0 Å². The van der Waals surface area contributed by atoms with E-state index in [0.717, 1.165) is 22.4 Å². The summed E-state index contributed by atoms with van der Waals surface area (Å²) in [5.41, 5.74) is 0. The van der Waals surface area contributed by atoms with Crippen LogP contribution in [-0.4, -0.2) is 26.9 Å². The molecule has 8 heteroatoms. The van der Waals surface area contributed by atoms with E-state index in [1.54, 1.807) is 30.0 Å². The zero-order chi connectivity index (χ0) is 12.8. The van der Waals surface area contributed by atoms with Gasteiger partial charge in [-0.15, -0.1) is 10.2 Å². The van der Waals surface area contributed by atoms with Gasteiger partial charge in [0.05, 0.1) is 5.75 Å². The third kappa shape index (κ3) is 3.95. The molecule has 0 aliphatic carbocycles. The van der Waals surface area contributed by atoms with Crippen molar-refractivity contribution in [2.75, 3.05) is 11.9 Å². The first-order valence-corrected chi connectivity index (χ1v) is 7.57. The van der Waals surface area contributed by atoms with Crippen LogP contribution in [0.2, 0.25) is 0 Å². The van der Waals surface area contributed by atoms with Crippen molar-refractivity contribution in [3.8, 4) is 0 Å². The maximum atomic E-state index is 5.03. The fraction of sp³-hybridized carbons (Fsp3) is 0.600. The predicted octanol–water partition coefficient (Wildman–Crippen LogP) is 2.73. The molecule has 0 aliphatic heterocycles. The SMILES string of the molecule is CCCCNc1nnc(SCc2nc(C)no2)s1. The van der Waals surface area contributed by atoms with E-state index in [-0.39, 0.29) is 0 Å². The molecule has 0 saturated heterocycles. The van der Waals surface area contributed by atoms with Crippen LogP contribution in [0.3, 0.4) is 0 Å². The number of nitrogens with zero attached hydrogens (tertiary/aromatic N) is 4. The molecule has 1 N–H and O–H groups in total. The van der Waals surface area contributed by atoms with Gasteiger partial charge in [0.2, 0.25) is 11.0 Å². The zero-order valence-electron chi connectivity index (χ0n) is 10.3. The highest BCUT2D eigenvalue weighted by molar-refractivity contribution is 8.00. The fourth-order valence-electron chi connectivity index (χ4n) is 1.23. The monoisotopic (exact) mass is 285 g/mol. The van der Waals surface area contributed by atoms with E-state index in [0.29, 0.717) is 17.5 Å². The molecule has 98 valence electrons. The number of hydrogen-bond acceptors (Lipinski definition) is 8. The van der Waals surface area contributed by atoms with E-state index in [9.17, 15) is 0 Å². The van der Waals surface area contributed by atoms with E-state index in [4.69, 9.17) is 4.52 Å². The molecular formula is C10H15N5OS2. The molecular weight excluding hydrogens is 270 g/mol. The third-order valence-corrected chi connectivity index (χ3v) is 4.10. The van der Waals surface area contributed by atoms with Gasteiger partial charge in [-0.2, -0.15) is 4.98 Å². The van der Waals surface area contributed by atoms with Gasteiger partial charge in [-0.25, -0.2) is 0 Å². The number of unbranched alkanes of at least 4 members (excludes halogenated alkanes) is 1. The largest absolute Gasteiger partial charge is 0.360 e. The average molecular weight is 285 g/mol. The molecule has 0 aliphatic rings. The maximum Gasteiger partial charge on any atom is 0.237 e. The molecule has 0 unspecified atom stereocenters. The smallest absolute Gasteiger partial charge is 0.237 e. The second kappa shape index (κ2) is 6.69. The van der Waals surface area contributed by atoms with Gasteiger partial charge >= 0.3 is 0 Å². The van der Waals surface area contributed by atoms with Crippen LogP contribution in [0.1, 0.15) is 31.5 Å². The van der Waals surface area contributed by atoms with Crippen molar-refractivity contribution >= 4 is 28.2 Å². The summed E-state index contributed by atoms with van der Waals surface area (Å²) in [7, 11) is 0. The highest BCUT2D eigenvalue weighted by atomic mass is 32.2. The Hall–Kier alpha value is -1.15. The van der Waals surface area contributed by atoms with Crippen molar-refractivity contribution in [2.45, 2.75) is 36.8 Å². The molecule has 0 spiro atoms.